The SMILES string of the molecule is O=S1(=O)N=C(CN2CCN(S(=O)(=O)c3ccccc3F)CC2)Nc2ccc(Cl)cc21. The van der Waals surface area contributed by atoms with Gasteiger partial charge in [0.15, 0.2) is 0 Å². The van der Waals surface area contributed by atoms with E-state index < -0.39 is 25.9 Å². The van der Waals surface area contributed by atoms with Gasteiger partial charge in [-0.05, 0) is 30.3 Å². The highest BCUT2D eigenvalue weighted by molar-refractivity contribution is 7.90. The lowest BCUT2D eigenvalue weighted by atomic mass is 10.3. The number of hydrogen-bond acceptors (Lipinski definition) is 6. The molecule has 2 aromatic carbocycles. The Bertz CT molecular complexity index is 1230. The highest BCUT2D eigenvalue weighted by Gasteiger charge is 2.32. The van der Waals surface area contributed by atoms with E-state index in [2.05, 4.69) is 9.71 Å². The third-order valence-corrected chi connectivity index (χ3v) is 8.41. The quantitative estimate of drug-likeness (QED) is 0.730. The molecule has 0 spiro atoms. The van der Waals surface area contributed by atoms with Crippen molar-refractivity contribution in [2.75, 3.05) is 38.0 Å². The summed E-state index contributed by atoms with van der Waals surface area (Å²) in [6.07, 6.45) is 0. The number of fused-ring (bicyclic) bond motifs is 1. The van der Waals surface area contributed by atoms with Gasteiger partial charge in [0.1, 0.15) is 21.4 Å². The molecule has 2 aliphatic rings. The van der Waals surface area contributed by atoms with Crippen LogP contribution in [0.1, 0.15) is 0 Å². The maximum absolute atomic E-state index is 13.9. The fourth-order valence-electron chi connectivity index (χ4n) is 3.39. The molecule has 8 nitrogen and oxygen atoms in total. The van der Waals surface area contributed by atoms with Crippen molar-refractivity contribution in [2.45, 2.75) is 9.79 Å². The highest BCUT2D eigenvalue weighted by atomic mass is 35.5. The molecule has 0 atom stereocenters. The number of hydrogen-bond donors (Lipinski definition) is 1. The fraction of sp³-hybridized carbons (Fsp3) is 0.278. The Morgan fingerprint density at radius 3 is 2.50 bits per heavy atom. The Labute approximate surface area is 179 Å². The Morgan fingerprint density at radius 2 is 1.80 bits per heavy atom. The van der Waals surface area contributed by atoms with Crippen molar-refractivity contribution in [3.05, 3.63) is 53.3 Å². The average Bonchev–Trinajstić information content (AvgIpc) is 2.69. The van der Waals surface area contributed by atoms with Gasteiger partial charge in [-0.3, -0.25) is 4.90 Å². The van der Waals surface area contributed by atoms with Gasteiger partial charge in [-0.25, -0.2) is 12.8 Å². The first-order valence-electron chi connectivity index (χ1n) is 9.04. The summed E-state index contributed by atoms with van der Waals surface area (Å²) in [6.45, 7) is 1.21. The van der Waals surface area contributed by atoms with E-state index in [0.717, 1.165) is 6.07 Å². The predicted octanol–water partition coefficient (Wildman–Crippen LogP) is 2.00. The topological polar surface area (TPSA) is 99.2 Å². The minimum Gasteiger partial charge on any atom is -0.341 e. The molecular weight excluding hydrogens is 455 g/mol. The highest BCUT2D eigenvalue weighted by Crippen LogP contribution is 2.30. The lowest BCUT2D eigenvalue weighted by molar-refractivity contribution is 0.209. The second kappa shape index (κ2) is 7.89. The standard InChI is InChI=1S/C18H18ClFN4O4S2/c19-13-5-6-15-17(11-13)29(25,26)22-18(21-15)12-23-7-9-24(10-8-23)30(27,28)16-4-2-1-3-14(16)20/h1-6,11H,7-10,12H2,(H,21,22). The third-order valence-electron chi connectivity index (χ3n) is 4.89. The zero-order chi connectivity index (χ0) is 21.5. The van der Waals surface area contributed by atoms with E-state index in [1.54, 1.807) is 12.1 Å². The van der Waals surface area contributed by atoms with Crippen LogP contribution < -0.4 is 5.32 Å². The minimum absolute atomic E-state index is 0.0135. The molecule has 0 saturated carbocycles. The van der Waals surface area contributed by atoms with Crippen molar-refractivity contribution in [1.82, 2.24) is 9.21 Å². The zero-order valence-electron chi connectivity index (χ0n) is 15.6. The molecule has 0 radical (unpaired) electrons. The van der Waals surface area contributed by atoms with Gasteiger partial charge in [-0.2, -0.15) is 12.7 Å². The molecule has 0 amide bonds. The lowest BCUT2D eigenvalue weighted by Gasteiger charge is -2.34. The summed E-state index contributed by atoms with van der Waals surface area (Å²) >= 11 is 5.87. The molecule has 160 valence electrons. The molecule has 2 heterocycles. The van der Waals surface area contributed by atoms with Gasteiger partial charge in [0, 0.05) is 31.2 Å². The van der Waals surface area contributed by atoms with E-state index in [4.69, 9.17) is 11.6 Å². The van der Waals surface area contributed by atoms with Crippen molar-refractivity contribution >= 4 is 43.2 Å². The molecule has 1 saturated heterocycles. The first-order chi connectivity index (χ1) is 14.2. The Morgan fingerprint density at radius 1 is 1.10 bits per heavy atom. The van der Waals surface area contributed by atoms with Crippen molar-refractivity contribution in [3.63, 3.8) is 0 Å². The molecule has 0 aromatic heterocycles. The van der Waals surface area contributed by atoms with E-state index in [-0.39, 0.29) is 35.3 Å². The van der Waals surface area contributed by atoms with Crippen LogP contribution in [0.25, 0.3) is 0 Å². The van der Waals surface area contributed by atoms with Gasteiger partial charge in [0.2, 0.25) is 10.0 Å². The number of halogens is 2. The van der Waals surface area contributed by atoms with Crippen LogP contribution in [0.5, 0.6) is 0 Å². The molecule has 1 N–H and O–H groups in total. The average molecular weight is 473 g/mol. The third kappa shape index (κ3) is 4.08. The van der Waals surface area contributed by atoms with Gasteiger partial charge in [0.05, 0.1) is 12.2 Å². The summed E-state index contributed by atoms with van der Waals surface area (Å²) in [5, 5.41) is 3.29. The summed E-state index contributed by atoms with van der Waals surface area (Å²) < 4.78 is 69.2. The van der Waals surface area contributed by atoms with Gasteiger partial charge in [0.25, 0.3) is 10.0 Å². The van der Waals surface area contributed by atoms with Crippen molar-refractivity contribution < 1.29 is 21.2 Å². The molecule has 4 rings (SSSR count). The van der Waals surface area contributed by atoms with Crippen LogP contribution >= 0.6 is 11.6 Å². The first kappa shape index (κ1) is 21.2. The smallest absolute Gasteiger partial charge is 0.286 e. The molecule has 2 aliphatic heterocycles. The minimum atomic E-state index is -3.93. The fourth-order valence-corrected chi connectivity index (χ4v) is 6.28. The number of nitrogens with zero attached hydrogens (tertiary/aromatic N) is 3. The van der Waals surface area contributed by atoms with Crippen molar-refractivity contribution in [2.24, 2.45) is 4.40 Å². The number of sulfonamides is 2. The molecule has 1 fully saturated rings. The number of anilines is 1. The second-order valence-electron chi connectivity index (χ2n) is 6.89. The number of rotatable bonds is 4. The van der Waals surface area contributed by atoms with Crippen molar-refractivity contribution in [3.8, 4) is 0 Å². The van der Waals surface area contributed by atoms with Crippen LogP contribution in [0.4, 0.5) is 10.1 Å². The monoisotopic (exact) mass is 472 g/mol. The van der Waals surface area contributed by atoms with Gasteiger partial charge < -0.3 is 5.32 Å². The van der Waals surface area contributed by atoms with E-state index in [0.29, 0.717) is 23.8 Å². The molecule has 2 aromatic rings. The van der Waals surface area contributed by atoms with Crippen LogP contribution in [-0.4, -0.2) is 64.6 Å². The van der Waals surface area contributed by atoms with Crippen LogP contribution in [0.3, 0.4) is 0 Å². The normalized spacial score (nSPS) is 19.6. The maximum atomic E-state index is 13.9. The summed E-state index contributed by atoms with van der Waals surface area (Å²) in [5.41, 5.74) is 0.394. The number of benzene rings is 2. The van der Waals surface area contributed by atoms with Gasteiger partial charge in [-0.15, -0.1) is 4.40 Å². The summed E-state index contributed by atoms with van der Waals surface area (Å²) in [4.78, 5) is 1.55. The lowest BCUT2D eigenvalue weighted by Crippen LogP contribution is -2.50. The molecule has 12 heteroatoms. The van der Waals surface area contributed by atoms with Crippen molar-refractivity contribution in [1.29, 1.82) is 0 Å². The predicted molar refractivity (Wildman–Crippen MR) is 111 cm³/mol. The van der Waals surface area contributed by atoms with Gasteiger partial charge >= 0.3 is 0 Å². The van der Waals surface area contributed by atoms with E-state index in [9.17, 15) is 21.2 Å². The largest absolute Gasteiger partial charge is 0.341 e. The van der Waals surface area contributed by atoms with Crippen LogP contribution in [0.2, 0.25) is 5.02 Å². The number of nitrogens with one attached hydrogen (secondary N) is 1. The molecule has 0 unspecified atom stereocenters. The molecular formula is C18H18ClFN4O4S2. The molecule has 0 aliphatic carbocycles. The van der Waals surface area contributed by atoms with E-state index in [1.165, 1.54) is 28.6 Å². The maximum Gasteiger partial charge on any atom is 0.286 e. The van der Waals surface area contributed by atoms with Crippen LogP contribution in [-0.2, 0) is 20.0 Å². The molecule has 0 bridgehead atoms. The summed E-state index contributed by atoms with van der Waals surface area (Å²) in [6, 6.07) is 9.76. The van der Waals surface area contributed by atoms with E-state index >= 15 is 0 Å². The summed E-state index contributed by atoms with van der Waals surface area (Å²) in [7, 11) is -7.81. The van der Waals surface area contributed by atoms with E-state index in [1.807, 2.05) is 4.90 Å². The summed E-state index contributed by atoms with van der Waals surface area (Å²) in [5.74, 6) is -0.542. The second-order valence-corrected chi connectivity index (χ2v) is 10.8. The molecule has 30 heavy (non-hydrogen) atoms. The van der Waals surface area contributed by atoms with Gasteiger partial charge in [-0.1, -0.05) is 23.7 Å². The van der Waals surface area contributed by atoms with Crippen LogP contribution in [0.15, 0.2) is 56.7 Å². The Kier molecular flexibility index (Phi) is 5.58. The Balaban J connectivity index is 1.44. The Hall–Kier alpha value is -2.05. The zero-order valence-corrected chi connectivity index (χ0v) is 18.0. The van der Waals surface area contributed by atoms with Crippen LogP contribution in [0, 0.1) is 5.82 Å². The number of piperazine rings is 1. The first-order valence-corrected chi connectivity index (χ1v) is 12.3. The number of amidine groups is 1.